The molecule has 0 heterocycles. The standard InChI is InChI=1S/C22H14O5/c23-11-16-17(12-24)19(14-7-3-1-4-8-14)20(15-9-5-2-6-10-15)21(22(26)27)18(16)13-25/h1-13H,(H,26,27). The molecule has 3 aromatic carbocycles. The van der Waals surface area contributed by atoms with Crippen LogP contribution >= 0.6 is 0 Å². The second-order valence-corrected chi connectivity index (χ2v) is 5.76. The fourth-order valence-electron chi connectivity index (χ4n) is 3.20. The summed E-state index contributed by atoms with van der Waals surface area (Å²) in [6.07, 6.45) is 1.14. The van der Waals surface area contributed by atoms with E-state index in [4.69, 9.17) is 0 Å². The van der Waals surface area contributed by atoms with Gasteiger partial charge in [-0.15, -0.1) is 0 Å². The van der Waals surface area contributed by atoms with Crippen LogP contribution < -0.4 is 0 Å². The molecule has 3 rings (SSSR count). The number of carboxylic acids is 1. The van der Waals surface area contributed by atoms with Crippen LogP contribution in [0.2, 0.25) is 0 Å². The molecule has 5 nitrogen and oxygen atoms in total. The molecular formula is C22H14O5. The molecule has 0 aliphatic rings. The van der Waals surface area contributed by atoms with Gasteiger partial charge in [0, 0.05) is 27.8 Å². The maximum atomic E-state index is 12.1. The van der Waals surface area contributed by atoms with Gasteiger partial charge in [0.2, 0.25) is 0 Å². The van der Waals surface area contributed by atoms with Gasteiger partial charge in [-0.2, -0.15) is 0 Å². The molecule has 0 bridgehead atoms. The Bertz CT molecular complexity index is 1040. The maximum Gasteiger partial charge on any atom is 0.337 e. The monoisotopic (exact) mass is 358 g/mol. The lowest BCUT2D eigenvalue weighted by molar-refractivity contribution is 0.0694. The van der Waals surface area contributed by atoms with Gasteiger partial charge < -0.3 is 5.11 Å². The molecule has 0 saturated heterocycles. The fraction of sp³-hybridized carbons (Fsp3) is 0. The first-order valence-corrected chi connectivity index (χ1v) is 8.07. The van der Waals surface area contributed by atoms with E-state index < -0.39 is 5.97 Å². The van der Waals surface area contributed by atoms with Crippen LogP contribution in [0.4, 0.5) is 0 Å². The van der Waals surface area contributed by atoms with E-state index in [1.165, 1.54) is 0 Å². The molecule has 0 aromatic heterocycles. The summed E-state index contributed by atoms with van der Waals surface area (Å²) in [5.41, 5.74) is 0.781. The lowest BCUT2D eigenvalue weighted by atomic mass is 9.82. The van der Waals surface area contributed by atoms with Crippen molar-refractivity contribution in [1.82, 2.24) is 0 Å². The highest BCUT2D eigenvalue weighted by Gasteiger charge is 2.28. The van der Waals surface area contributed by atoms with E-state index >= 15 is 0 Å². The maximum absolute atomic E-state index is 12.1. The summed E-state index contributed by atoms with van der Waals surface area (Å²) in [5, 5.41) is 9.83. The zero-order valence-corrected chi connectivity index (χ0v) is 14.1. The number of hydrogen-bond donors (Lipinski definition) is 1. The summed E-state index contributed by atoms with van der Waals surface area (Å²) in [7, 11) is 0. The quantitative estimate of drug-likeness (QED) is 0.669. The molecule has 0 aliphatic heterocycles. The van der Waals surface area contributed by atoms with Crippen LogP contribution in [-0.2, 0) is 0 Å². The summed E-state index contributed by atoms with van der Waals surface area (Å²) in [6, 6.07) is 17.3. The highest BCUT2D eigenvalue weighted by atomic mass is 16.4. The van der Waals surface area contributed by atoms with Gasteiger partial charge in [-0.25, -0.2) is 4.79 Å². The molecule has 5 heteroatoms. The van der Waals surface area contributed by atoms with Crippen molar-refractivity contribution in [1.29, 1.82) is 0 Å². The molecule has 0 fully saturated rings. The number of benzene rings is 3. The normalized spacial score (nSPS) is 10.2. The second kappa shape index (κ2) is 7.58. The van der Waals surface area contributed by atoms with Crippen LogP contribution in [0.5, 0.6) is 0 Å². The van der Waals surface area contributed by atoms with Gasteiger partial charge in [-0.3, -0.25) is 14.4 Å². The summed E-state index contributed by atoms with van der Waals surface area (Å²) < 4.78 is 0. The Kier molecular flexibility index (Phi) is 5.04. The van der Waals surface area contributed by atoms with Crippen molar-refractivity contribution in [2.75, 3.05) is 0 Å². The molecule has 132 valence electrons. The van der Waals surface area contributed by atoms with E-state index in [1.807, 2.05) is 0 Å². The molecule has 1 N–H and O–H groups in total. The third-order valence-corrected chi connectivity index (χ3v) is 4.31. The number of aldehydes is 3. The van der Waals surface area contributed by atoms with Crippen LogP contribution in [0, 0.1) is 0 Å². The molecule has 0 saturated carbocycles. The molecule has 0 atom stereocenters. The fourth-order valence-corrected chi connectivity index (χ4v) is 3.20. The third kappa shape index (κ3) is 3.06. The molecule has 27 heavy (non-hydrogen) atoms. The molecule has 0 amide bonds. The van der Waals surface area contributed by atoms with E-state index in [9.17, 15) is 24.3 Å². The van der Waals surface area contributed by atoms with Crippen molar-refractivity contribution in [3.63, 3.8) is 0 Å². The first-order valence-electron chi connectivity index (χ1n) is 8.07. The average molecular weight is 358 g/mol. The second-order valence-electron chi connectivity index (χ2n) is 5.76. The van der Waals surface area contributed by atoms with Gasteiger partial charge in [-0.1, -0.05) is 60.7 Å². The highest BCUT2D eigenvalue weighted by Crippen LogP contribution is 2.40. The molecule has 0 unspecified atom stereocenters. The average Bonchev–Trinajstić information content (AvgIpc) is 2.72. The number of carbonyl (C=O) groups excluding carboxylic acids is 3. The van der Waals surface area contributed by atoms with E-state index in [0.717, 1.165) is 0 Å². The predicted octanol–water partition coefficient (Wildman–Crippen LogP) is 4.16. The van der Waals surface area contributed by atoms with Crippen LogP contribution in [0.25, 0.3) is 22.3 Å². The molecule has 0 aliphatic carbocycles. The van der Waals surface area contributed by atoms with Gasteiger partial charge >= 0.3 is 5.97 Å². The minimum atomic E-state index is -1.35. The molecule has 3 aromatic rings. The van der Waals surface area contributed by atoms with Crippen molar-refractivity contribution in [3.8, 4) is 22.3 Å². The highest BCUT2D eigenvalue weighted by molar-refractivity contribution is 6.15. The van der Waals surface area contributed by atoms with Crippen molar-refractivity contribution in [2.45, 2.75) is 0 Å². The Morgan fingerprint density at radius 1 is 0.630 bits per heavy atom. The first kappa shape index (κ1) is 17.9. The van der Waals surface area contributed by atoms with E-state index in [-0.39, 0.29) is 27.8 Å². The Balaban J connectivity index is 2.63. The van der Waals surface area contributed by atoms with Crippen molar-refractivity contribution in [3.05, 3.63) is 82.9 Å². The lowest BCUT2D eigenvalue weighted by Gasteiger charge is -2.19. The van der Waals surface area contributed by atoms with Gasteiger partial charge in [0.1, 0.15) is 0 Å². The number of carbonyl (C=O) groups is 4. The van der Waals surface area contributed by atoms with E-state index in [1.54, 1.807) is 60.7 Å². The Morgan fingerprint density at radius 3 is 1.48 bits per heavy atom. The van der Waals surface area contributed by atoms with E-state index in [2.05, 4.69) is 0 Å². The van der Waals surface area contributed by atoms with E-state index in [0.29, 0.717) is 35.5 Å². The van der Waals surface area contributed by atoms with Gasteiger partial charge in [-0.05, 0) is 11.1 Å². The third-order valence-electron chi connectivity index (χ3n) is 4.31. The number of hydrogen-bond acceptors (Lipinski definition) is 4. The Hall–Kier alpha value is -3.86. The van der Waals surface area contributed by atoms with Crippen LogP contribution in [0.1, 0.15) is 41.4 Å². The summed E-state index contributed by atoms with van der Waals surface area (Å²) in [4.78, 5) is 47.3. The van der Waals surface area contributed by atoms with Crippen LogP contribution in [-0.4, -0.2) is 29.9 Å². The largest absolute Gasteiger partial charge is 0.478 e. The van der Waals surface area contributed by atoms with Gasteiger partial charge in [0.25, 0.3) is 0 Å². The number of rotatable bonds is 6. The molecular weight excluding hydrogens is 344 g/mol. The SMILES string of the molecule is O=Cc1c(C=O)c(C(=O)O)c(-c2ccccc2)c(-c2ccccc2)c1C=O. The lowest BCUT2D eigenvalue weighted by Crippen LogP contribution is -2.13. The summed E-state index contributed by atoms with van der Waals surface area (Å²) >= 11 is 0. The van der Waals surface area contributed by atoms with Crippen molar-refractivity contribution < 1.29 is 24.3 Å². The topological polar surface area (TPSA) is 88.5 Å². The minimum absolute atomic E-state index is 0.0119. The summed E-state index contributed by atoms with van der Waals surface area (Å²) in [6.45, 7) is 0. The molecule has 0 radical (unpaired) electrons. The van der Waals surface area contributed by atoms with Gasteiger partial charge in [0.05, 0.1) is 5.56 Å². The first-order chi connectivity index (χ1) is 13.1. The molecule has 0 spiro atoms. The van der Waals surface area contributed by atoms with Gasteiger partial charge in [0.15, 0.2) is 18.9 Å². The number of carboxylic acid groups (broad SMARTS) is 1. The smallest absolute Gasteiger partial charge is 0.337 e. The Morgan fingerprint density at radius 2 is 1.07 bits per heavy atom. The Labute approximate surface area is 154 Å². The van der Waals surface area contributed by atoms with Crippen molar-refractivity contribution in [2.24, 2.45) is 0 Å². The number of aromatic carboxylic acids is 1. The minimum Gasteiger partial charge on any atom is -0.478 e. The zero-order chi connectivity index (χ0) is 19.4. The zero-order valence-electron chi connectivity index (χ0n) is 14.1. The van der Waals surface area contributed by atoms with Crippen LogP contribution in [0.15, 0.2) is 60.7 Å². The summed E-state index contributed by atoms with van der Waals surface area (Å²) in [5.74, 6) is -1.35. The predicted molar refractivity (Wildman–Crippen MR) is 100 cm³/mol. The van der Waals surface area contributed by atoms with Crippen molar-refractivity contribution >= 4 is 24.8 Å². The van der Waals surface area contributed by atoms with Crippen LogP contribution in [0.3, 0.4) is 0 Å².